The molecule has 0 aliphatic heterocycles. The van der Waals surface area contributed by atoms with Gasteiger partial charge in [-0.15, -0.1) is 10.2 Å². The van der Waals surface area contributed by atoms with Crippen molar-refractivity contribution in [3.8, 4) is 17.4 Å². The van der Waals surface area contributed by atoms with E-state index in [0.717, 1.165) is 0 Å². The van der Waals surface area contributed by atoms with E-state index >= 15 is 0 Å². The fourth-order valence-electron chi connectivity index (χ4n) is 2.42. The summed E-state index contributed by atoms with van der Waals surface area (Å²) in [5.74, 6) is 1.46. The Kier molecular flexibility index (Phi) is 4.57. The van der Waals surface area contributed by atoms with Crippen molar-refractivity contribution in [3.05, 3.63) is 91.0 Å². The molecule has 2 aromatic heterocycles. The highest BCUT2D eigenvalue weighted by molar-refractivity contribution is 6.04. The minimum absolute atomic E-state index is 0.162. The third-order valence-electron chi connectivity index (χ3n) is 3.77. The number of hydrogen-bond donors (Lipinski definition) is 1. The van der Waals surface area contributed by atoms with Gasteiger partial charge >= 0.3 is 0 Å². The second kappa shape index (κ2) is 7.49. The van der Waals surface area contributed by atoms with Crippen molar-refractivity contribution < 1.29 is 9.53 Å². The molecule has 0 saturated carbocycles. The molecule has 0 aliphatic rings. The van der Waals surface area contributed by atoms with E-state index in [9.17, 15) is 4.79 Å². The largest absolute Gasteiger partial charge is 0.438 e. The molecular formula is C20H15N5O2. The molecule has 4 aromatic rings. The van der Waals surface area contributed by atoms with Gasteiger partial charge in [-0.25, -0.2) is 4.98 Å². The van der Waals surface area contributed by atoms with E-state index < -0.39 is 0 Å². The number of ether oxygens (including phenoxy) is 1. The molecule has 27 heavy (non-hydrogen) atoms. The van der Waals surface area contributed by atoms with Gasteiger partial charge in [-0.1, -0.05) is 18.2 Å². The normalized spacial score (nSPS) is 10.4. The first kappa shape index (κ1) is 16.5. The van der Waals surface area contributed by atoms with Gasteiger partial charge in [0.1, 0.15) is 12.1 Å². The average molecular weight is 357 g/mol. The number of anilines is 1. The topological polar surface area (TPSA) is 81.9 Å². The standard InChI is InChI=1S/C20H15N5O2/c26-20(15-4-2-1-3-5-15)22-16-6-8-17(9-7-16)27-19-11-10-18(23-24-19)25-13-12-21-14-25/h1-14H,(H,22,26). The van der Waals surface area contributed by atoms with Gasteiger partial charge in [-0.3, -0.25) is 9.36 Å². The lowest BCUT2D eigenvalue weighted by Gasteiger charge is -2.08. The second-order valence-electron chi connectivity index (χ2n) is 5.65. The molecule has 2 aromatic carbocycles. The third kappa shape index (κ3) is 3.98. The van der Waals surface area contributed by atoms with Crippen molar-refractivity contribution in [2.24, 2.45) is 0 Å². The zero-order valence-electron chi connectivity index (χ0n) is 14.2. The fourth-order valence-corrected chi connectivity index (χ4v) is 2.42. The number of nitrogens with zero attached hydrogens (tertiary/aromatic N) is 4. The predicted octanol–water partition coefficient (Wildman–Crippen LogP) is 3.71. The zero-order valence-corrected chi connectivity index (χ0v) is 14.2. The lowest BCUT2D eigenvalue weighted by molar-refractivity contribution is 0.102. The van der Waals surface area contributed by atoms with Crippen molar-refractivity contribution >= 4 is 11.6 Å². The van der Waals surface area contributed by atoms with E-state index in [4.69, 9.17) is 4.74 Å². The van der Waals surface area contributed by atoms with E-state index in [2.05, 4.69) is 20.5 Å². The van der Waals surface area contributed by atoms with Gasteiger partial charge in [-0.2, -0.15) is 0 Å². The molecule has 4 rings (SSSR count). The maximum absolute atomic E-state index is 12.2. The SMILES string of the molecule is O=C(Nc1ccc(Oc2ccc(-n3ccnc3)nn2)cc1)c1ccccc1. The van der Waals surface area contributed by atoms with Gasteiger partial charge in [0.05, 0.1) is 0 Å². The molecular weight excluding hydrogens is 342 g/mol. The van der Waals surface area contributed by atoms with E-state index in [1.165, 1.54) is 0 Å². The summed E-state index contributed by atoms with van der Waals surface area (Å²) in [4.78, 5) is 16.1. The molecule has 1 amide bonds. The summed E-state index contributed by atoms with van der Waals surface area (Å²) in [6.45, 7) is 0. The molecule has 0 aliphatic carbocycles. The third-order valence-corrected chi connectivity index (χ3v) is 3.77. The molecule has 0 unspecified atom stereocenters. The number of nitrogens with one attached hydrogen (secondary N) is 1. The number of imidazole rings is 1. The molecule has 0 saturated heterocycles. The number of carbonyl (C=O) groups excluding carboxylic acids is 1. The minimum Gasteiger partial charge on any atom is -0.438 e. The van der Waals surface area contributed by atoms with Crippen LogP contribution in [0.25, 0.3) is 5.82 Å². The van der Waals surface area contributed by atoms with E-state index in [1.54, 1.807) is 71.8 Å². The molecule has 0 spiro atoms. The lowest BCUT2D eigenvalue weighted by atomic mass is 10.2. The first-order valence-corrected chi connectivity index (χ1v) is 8.24. The van der Waals surface area contributed by atoms with Crippen molar-refractivity contribution in [2.75, 3.05) is 5.32 Å². The Hall–Kier alpha value is -4.00. The van der Waals surface area contributed by atoms with Crippen LogP contribution in [0, 0.1) is 0 Å². The van der Waals surface area contributed by atoms with Crippen molar-refractivity contribution in [3.63, 3.8) is 0 Å². The van der Waals surface area contributed by atoms with Gasteiger partial charge in [0, 0.05) is 29.7 Å². The number of aromatic nitrogens is 4. The molecule has 1 N–H and O–H groups in total. The number of carbonyl (C=O) groups is 1. The van der Waals surface area contributed by atoms with Crippen molar-refractivity contribution in [1.29, 1.82) is 0 Å². The quantitative estimate of drug-likeness (QED) is 0.589. The lowest BCUT2D eigenvalue weighted by Crippen LogP contribution is -2.11. The summed E-state index contributed by atoms with van der Waals surface area (Å²) >= 11 is 0. The van der Waals surface area contributed by atoms with Crippen LogP contribution in [-0.2, 0) is 0 Å². The van der Waals surface area contributed by atoms with Crippen LogP contribution in [0.5, 0.6) is 11.6 Å². The Labute approximate surface area is 155 Å². The van der Waals surface area contributed by atoms with Gasteiger partial charge in [0.15, 0.2) is 5.82 Å². The number of rotatable bonds is 5. The Bertz CT molecular complexity index is 1010. The van der Waals surface area contributed by atoms with Crippen LogP contribution >= 0.6 is 0 Å². The number of hydrogen-bond acceptors (Lipinski definition) is 5. The minimum atomic E-state index is -0.162. The summed E-state index contributed by atoms with van der Waals surface area (Å²) in [6.07, 6.45) is 5.10. The zero-order chi connectivity index (χ0) is 18.5. The van der Waals surface area contributed by atoms with E-state index in [1.807, 2.05) is 18.2 Å². The number of amides is 1. The Morgan fingerprint density at radius 2 is 1.74 bits per heavy atom. The summed E-state index contributed by atoms with van der Waals surface area (Å²) in [5, 5.41) is 11.0. The van der Waals surface area contributed by atoms with Gasteiger partial charge in [0.25, 0.3) is 5.91 Å². The molecule has 2 heterocycles. The smallest absolute Gasteiger partial charge is 0.255 e. The second-order valence-corrected chi connectivity index (χ2v) is 5.65. The maximum Gasteiger partial charge on any atom is 0.255 e. The first-order chi connectivity index (χ1) is 13.3. The van der Waals surface area contributed by atoms with E-state index in [-0.39, 0.29) is 5.91 Å². The molecule has 0 atom stereocenters. The molecule has 0 fully saturated rings. The van der Waals surface area contributed by atoms with Crippen molar-refractivity contribution in [2.45, 2.75) is 0 Å². The highest BCUT2D eigenvalue weighted by atomic mass is 16.5. The molecule has 7 heteroatoms. The van der Waals surface area contributed by atoms with Crippen LogP contribution in [0.1, 0.15) is 10.4 Å². The summed E-state index contributed by atoms with van der Waals surface area (Å²) in [6, 6.07) is 19.6. The maximum atomic E-state index is 12.2. The molecule has 7 nitrogen and oxygen atoms in total. The average Bonchev–Trinajstić information content (AvgIpc) is 3.26. The number of benzene rings is 2. The monoisotopic (exact) mass is 357 g/mol. The first-order valence-electron chi connectivity index (χ1n) is 8.24. The van der Waals surface area contributed by atoms with Crippen LogP contribution in [0.2, 0.25) is 0 Å². The summed E-state index contributed by atoms with van der Waals surface area (Å²) < 4.78 is 7.44. The van der Waals surface area contributed by atoms with Crippen LogP contribution in [0.4, 0.5) is 5.69 Å². The fraction of sp³-hybridized carbons (Fsp3) is 0. The van der Waals surface area contributed by atoms with Gasteiger partial charge in [0.2, 0.25) is 5.88 Å². The van der Waals surface area contributed by atoms with Gasteiger partial charge < -0.3 is 10.1 Å². The Morgan fingerprint density at radius 3 is 2.41 bits per heavy atom. The van der Waals surface area contributed by atoms with E-state index in [0.29, 0.717) is 28.7 Å². The van der Waals surface area contributed by atoms with Crippen LogP contribution in [0.3, 0.4) is 0 Å². The summed E-state index contributed by atoms with van der Waals surface area (Å²) in [5.41, 5.74) is 1.28. The predicted molar refractivity (Wildman–Crippen MR) is 100 cm³/mol. The molecule has 0 bridgehead atoms. The summed E-state index contributed by atoms with van der Waals surface area (Å²) in [7, 11) is 0. The Balaban J connectivity index is 1.40. The van der Waals surface area contributed by atoms with Crippen LogP contribution < -0.4 is 10.1 Å². The molecule has 132 valence electrons. The van der Waals surface area contributed by atoms with Crippen molar-refractivity contribution in [1.82, 2.24) is 19.7 Å². The van der Waals surface area contributed by atoms with Crippen LogP contribution in [0.15, 0.2) is 85.5 Å². The Morgan fingerprint density at radius 1 is 0.926 bits per heavy atom. The van der Waals surface area contributed by atoms with Crippen LogP contribution in [-0.4, -0.2) is 25.7 Å². The highest BCUT2D eigenvalue weighted by Crippen LogP contribution is 2.21. The van der Waals surface area contributed by atoms with Gasteiger partial charge in [-0.05, 0) is 42.5 Å². The molecule has 0 radical (unpaired) electrons. The highest BCUT2D eigenvalue weighted by Gasteiger charge is 2.06.